The summed E-state index contributed by atoms with van der Waals surface area (Å²) < 4.78 is 0. The number of likely N-dealkylation sites (tertiary alicyclic amines) is 1. The van der Waals surface area contributed by atoms with Gasteiger partial charge in [-0.05, 0) is 42.1 Å². The maximum absolute atomic E-state index is 12.8. The van der Waals surface area contributed by atoms with Gasteiger partial charge in [-0.15, -0.1) is 11.3 Å². The van der Waals surface area contributed by atoms with Crippen LogP contribution in [-0.2, 0) is 0 Å². The topological polar surface area (TPSA) is 64.7 Å². The average molecular weight is 385 g/mol. The molecule has 0 aliphatic carbocycles. The highest BCUT2D eigenvalue weighted by Gasteiger charge is 2.31. The van der Waals surface area contributed by atoms with E-state index in [1.807, 2.05) is 16.3 Å². The summed E-state index contributed by atoms with van der Waals surface area (Å²) in [6.45, 7) is 5.79. The van der Waals surface area contributed by atoms with Gasteiger partial charge in [0.2, 0.25) is 0 Å². The van der Waals surface area contributed by atoms with Crippen molar-refractivity contribution in [1.29, 1.82) is 0 Å². The molecule has 2 aliphatic rings. The van der Waals surface area contributed by atoms with Crippen molar-refractivity contribution >= 4 is 28.8 Å². The number of anilines is 1. The first-order chi connectivity index (χ1) is 13.2. The summed E-state index contributed by atoms with van der Waals surface area (Å²) in [6, 6.07) is 11.3. The second-order valence-corrected chi connectivity index (χ2v) is 7.94. The smallest absolute Gasteiger partial charge is 0.265 e. The fraction of sp³-hybridized carbons (Fsp3) is 0.400. The zero-order chi connectivity index (χ0) is 18.6. The molecule has 2 N–H and O–H groups in total. The summed E-state index contributed by atoms with van der Waals surface area (Å²) in [5, 5.41) is 8.11. The first-order valence-electron chi connectivity index (χ1n) is 9.40. The quantitative estimate of drug-likeness (QED) is 0.848. The SMILES string of the molecule is O=C(Nc1ccc(C(=O)N2CCC(N3CCNCC3)C2)cc1)c1cccs1. The van der Waals surface area contributed by atoms with Gasteiger partial charge in [-0.2, -0.15) is 0 Å². The van der Waals surface area contributed by atoms with E-state index >= 15 is 0 Å². The lowest BCUT2D eigenvalue weighted by atomic mass is 10.1. The van der Waals surface area contributed by atoms with Crippen LogP contribution in [0.25, 0.3) is 0 Å². The molecule has 2 aromatic rings. The molecule has 7 heteroatoms. The molecule has 2 fully saturated rings. The van der Waals surface area contributed by atoms with Gasteiger partial charge in [-0.3, -0.25) is 14.5 Å². The standard InChI is InChI=1S/C20H24N4O2S/c25-19(18-2-1-13-27-18)22-16-5-3-15(4-6-16)20(26)24-10-7-17(14-24)23-11-8-21-9-12-23/h1-6,13,17,21H,7-12,14H2,(H,22,25). The fourth-order valence-electron chi connectivity index (χ4n) is 3.75. The van der Waals surface area contributed by atoms with Crippen LogP contribution in [0.4, 0.5) is 5.69 Å². The van der Waals surface area contributed by atoms with Gasteiger partial charge < -0.3 is 15.5 Å². The summed E-state index contributed by atoms with van der Waals surface area (Å²) >= 11 is 1.41. The van der Waals surface area contributed by atoms with Gasteiger partial charge in [-0.1, -0.05) is 6.07 Å². The van der Waals surface area contributed by atoms with Crippen molar-refractivity contribution in [3.05, 3.63) is 52.2 Å². The molecular formula is C20H24N4O2S. The first kappa shape index (κ1) is 18.2. The van der Waals surface area contributed by atoms with Crippen LogP contribution in [0.3, 0.4) is 0 Å². The molecule has 27 heavy (non-hydrogen) atoms. The highest BCUT2D eigenvalue weighted by atomic mass is 32.1. The van der Waals surface area contributed by atoms with E-state index in [1.165, 1.54) is 11.3 Å². The molecule has 3 heterocycles. The highest BCUT2D eigenvalue weighted by Crippen LogP contribution is 2.20. The van der Waals surface area contributed by atoms with Gasteiger partial charge >= 0.3 is 0 Å². The Labute approximate surface area is 163 Å². The second-order valence-electron chi connectivity index (χ2n) is 6.99. The normalized spacial score (nSPS) is 20.6. The Morgan fingerprint density at radius 3 is 2.56 bits per heavy atom. The van der Waals surface area contributed by atoms with Crippen LogP contribution in [0.5, 0.6) is 0 Å². The molecule has 1 aromatic heterocycles. The molecule has 4 rings (SSSR count). The zero-order valence-electron chi connectivity index (χ0n) is 15.2. The number of amides is 2. The van der Waals surface area contributed by atoms with E-state index < -0.39 is 0 Å². The molecule has 1 aromatic carbocycles. The average Bonchev–Trinajstić information content (AvgIpc) is 3.41. The number of hydrogen-bond donors (Lipinski definition) is 2. The lowest BCUT2D eigenvalue weighted by Crippen LogP contribution is -2.49. The van der Waals surface area contributed by atoms with Gasteiger partial charge in [0.25, 0.3) is 11.8 Å². The highest BCUT2D eigenvalue weighted by molar-refractivity contribution is 7.12. The summed E-state index contributed by atoms with van der Waals surface area (Å²) in [5.41, 5.74) is 1.37. The molecule has 6 nitrogen and oxygen atoms in total. The summed E-state index contributed by atoms with van der Waals surface area (Å²) in [6.07, 6.45) is 1.04. The maximum atomic E-state index is 12.8. The summed E-state index contributed by atoms with van der Waals surface area (Å²) in [4.78, 5) is 30.0. The Balaban J connectivity index is 1.34. The van der Waals surface area contributed by atoms with E-state index in [4.69, 9.17) is 0 Å². The Hall–Kier alpha value is -2.22. The van der Waals surface area contributed by atoms with Gasteiger partial charge in [-0.25, -0.2) is 0 Å². The molecule has 2 amide bonds. The molecule has 1 unspecified atom stereocenters. The van der Waals surface area contributed by atoms with Crippen molar-refractivity contribution in [2.24, 2.45) is 0 Å². The number of thiophene rings is 1. The van der Waals surface area contributed by atoms with Crippen LogP contribution in [0.2, 0.25) is 0 Å². The monoisotopic (exact) mass is 384 g/mol. The molecule has 142 valence electrons. The number of carbonyl (C=O) groups is 2. The molecule has 0 radical (unpaired) electrons. The molecule has 2 saturated heterocycles. The van der Waals surface area contributed by atoms with Crippen LogP contribution in [0.1, 0.15) is 26.5 Å². The number of hydrogen-bond acceptors (Lipinski definition) is 5. The lowest BCUT2D eigenvalue weighted by Gasteiger charge is -2.32. The third-order valence-electron chi connectivity index (χ3n) is 5.25. The van der Waals surface area contributed by atoms with Crippen molar-refractivity contribution in [2.45, 2.75) is 12.5 Å². The lowest BCUT2D eigenvalue weighted by molar-refractivity contribution is 0.0773. The van der Waals surface area contributed by atoms with E-state index in [0.29, 0.717) is 22.2 Å². The molecule has 1 atom stereocenters. The number of carbonyl (C=O) groups excluding carboxylic acids is 2. The zero-order valence-corrected chi connectivity index (χ0v) is 16.0. The number of piperazine rings is 1. The predicted molar refractivity (Wildman–Crippen MR) is 107 cm³/mol. The third-order valence-corrected chi connectivity index (χ3v) is 6.12. The molecule has 0 spiro atoms. The summed E-state index contributed by atoms with van der Waals surface area (Å²) in [7, 11) is 0. The largest absolute Gasteiger partial charge is 0.337 e. The minimum atomic E-state index is -0.123. The van der Waals surface area contributed by atoms with Crippen molar-refractivity contribution in [3.8, 4) is 0 Å². The second kappa shape index (κ2) is 8.21. The maximum Gasteiger partial charge on any atom is 0.265 e. The van der Waals surface area contributed by atoms with Crippen molar-refractivity contribution < 1.29 is 9.59 Å². The Morgan fingerprint density at radius 1 is 1.07 bits per heavy atom. The Kier molecular flexibility index (Phi) is 5.52. The van der Waals surface area contributed by atoms with E-state index in [0.717, 1.165) is 45.7 Å². The Bertz CT molecular complexity index is 785. The van der Waals surface area contributed by atoms with Gasteiger partial charge in [0.15, 0.2) is 0 Å². The fourth-order valence-corrected chi connectivity index (χ4v) is 4.37. The van der Waals surface area contributed by atoms with E-state index in [9.17, 15) is 9.59 Å². The van der Waals surface area contributed by atoms with Crippen LogP contribution >= 0.6 is 11.3 Å². The first-order valence-corrected chi connectivity index (χ1v) is 10.3. The van der Waals surface area contributed by atoms with E-state index in [-0.39, 0.29) is 11.8 Å². The molecule has 2 aliphatic heterocycles. The van der Waals surface area contributed by atoms with Gasteiger partial charge in [0, 0.05) is 56.6 Å². The van der Waals surface area contributed by atoms with Crippen molar-refractivity contribution in [3.63, 3.8) is 0 Å². The predicted octanol–water partition coefficient (Wildman–Crippen LogP) is 2.12. The minimum absolute atomic E-state index is 0.0729. The van der Waals surface area contributed by atoms with Crippen LogP contribution in [0, 0.1) is 0 Å². The van der Waals surface area contributed by atoms with Crippen LogP contribution in [0.15, 0.2) is 41.8 Å². The molecule has 0 bridgehead atoms. The third kappa shape index (κ3) is 4.21. The van der Waals surface area contributed by atoms with E-state index in [2.05, 4.69) is 15.5 Å². The summed E-state index contributed by atoms with van der Waals surface area (Å²) in [5.74, 6) is -0.0498. The molecular weight excluding hydrogens is 360 g/mol. The number of nitrogens with one attached hydrogen (secondary N) is 2. The van der Waals surface area contributed by atoms with Gasteiger partial charge in [0.1, 0.15) is 0 Å². The minimum Gasteiger partial charge on any atom is -0.337 e. The Morgan fingerprint density at radius 2 is 1.85 bits per heavy atom. The van der Waals surface area contributed by atoms with E-state index in [1.54, 1.807) is 30.3 Å². The molecule has 0 saturated carbocycles. The van der Waals surface area contributed by atoms with Crippen molar-refractivity contribution in [1.82, 2.24) is 15.1 Å². The van der Waals surface area contributed by atoms with Crippen LogP contribution in [-0.4, -0.2) is 66.9 Å². The number of rotatable bonds is 4. The number of benzene rings is 1. The van der Waals surface area contributed by atoms with Crippen LogP contribution < -0.4 is 10.6 Å². The van der Waals surface area contributed by atoms with Crippen molar-refractivity contribution in [2.75, 3.05) is 44.6 Å². The number of nitrogens with zero attached hydrogens (tertiary/aromatic N) is 2. The van der Waals surface area contributed by atoms with Gasteiger partial charge in [0.05, 0.1) is 4.88 Å².